The van der Waals surface area contributed by atoms with E-state index in [4.69, 9.17) is 10.5 Å². The van der Waals surface area contributed by atoms with E-state index in [2.05, 4.69) is 5.32 Å². The van der Waals surface area contributed by atoms with Crippen molar-refractivity contribution in [3.63, 3.8) is 0 Å². The van der Waals surface area contributed by atoms with E-state index >= 15 is 0 Å². The smallest absolute Gasteiger partial charge is 0.253 e. The number of likely N-dealkylation sites (N-methyl/N-ethyl adjacent to an activating group) is 1. The summed E-state index contributed by atoms with van der Waals surface area (Å²) in [6.45, 7) is 7.33. The van der Waals surface area contributed by atoms with Crippen molar-refractivity contribution in [1.82, 2.24) is 4.90 Å². The summed E-state index contributed by atoms with van der Waals surface area (Å²) < 4.78 is 19.6. The summed E-state index contributed by atoms with van der Waals surface area (Å²) in [6, 6.07) is 2.87. The quantitative estimate of drug-likeness (QED) is 0.639. The number of nitrogens with zero attached hydrogens (tertiary/aromatic N) is 2. The molecule has 0 radical (unpaired) electrons. The van der Waals surface area contributed by atoms with Crippen molar-refractivity contribution in [3.8, 4) is 0 Å². The Morgan fingerprint density at radius 2 is 2.11 bits per heavy atom. The van der Waals surface area contributed by atoms with Gasteiger partial charge < -0.3 is 20.7 Å². The van der Waals surface area contributed by atoms with Gasteiger partial charge in [0, 0.05) is 18.8 Å². The molecule has 1 aromatic carbocycles. The first-order valence-electron chi connectivity index (χ1n) is 9.26. The van der Waals surface area contributed by atoms with Crippen molar-refractivity contribution < 1.29 is 23.5 Å². The average molecular weight is 394 g/mol. The molecule has 1 atom stereocenters. The van der Waals surface area contributed by atoms with Gasteiger partial charge in [-0.15, -0.1) is 0 Å². The lowest BCUT2D eigenvalue weighted by atomic mass is 10.1. The molecule has 8 nitrogen and oxygen atoms in total. The van der Waals surface area contributed by atoms with E-state index in [0.717, 1.165) is 0 Å². The Bertz CT molecular complexity index is 741. The summed E-state index contributed by atoms with van der Waals surface area (Å²) in [7, 11) is 0. The Labute approximate surface area is 163 Å². The minimum Gasteiger partial charge on any atom is -0.370 e. The molecular weight excluding hydrogens is 367 g/mol. The monoisotopic (exact) mass is 394 g/mol. The minimum absolute atomic E-state index is 0.0525. The summed E-state index contributed by atoms with van der Waals surface area (Å²) in [5.74, 6) is -2.24. The van der Waals surface area contributed by atoms with Gasteiger partial charge in [-0.1, -0.05) is 20.8 Å². The summed E-state index contributed by atoms with van der Waals surface area (Å²) in [4.78, 5) is 39.4. The van der Waals surface area contributed by atoms with E-state index in [1.807, 2.05) is 20.8 Å². The van der Waals surface area contributed by atoms with Gasteiger partial charge in [-0.05, 0) is 30.7 Å². The maximum absolute atomic E-state index is 14.5. The second kappa shape index (κ2) is 9.61. The number of carbonyl (C=O) groups is 3. The Balaban J connectivity index is 2.17. The van der Waals surface area contributed by atoms with Crippen molar-refractivity contribution in [1.29, 1.82) is 0 Å². The zero-order valence-corrected chi connectivity index (χ0v) is 16.4. The van der Waals surface area contributed by atoms with E-state index in [0.29, 0.717) is 31.9 Å². The molecule has 3 amide bonds. The Kier molecular flexibility index (Phi) is 7.47. The highest BCUT2D eigenvalue weighted by molar-refractivity contribution is 6.09. The molecule has 0 unspecified atom stereocenters. The van der Waals surface area contributed by atoms with E-state index in [9.17, 15) is 18.8 Å². The number of rotatable bonds is 8. The third-order valence-electron chi connectivity index (χ3n) is 4.40. The molecule has 1 heterocycles. The van der Waals surface area contributed by atoms with Gasteiger partial charge in [0.1, 0.15) is 12.4 Å². The number of hydrogen-bond acceptors (Lipinski definition) is 5. The maximum Gasteiger partial charge on any atom is 0.253 e. The number of nitrogens with two attached hydrogens (primary N) is 1. The van der Waals surface area contributed by atoms with Gasteiger partial charge in [0.05, 0.1) is 12.3 Å². The molecule has 1 aliphatic rings. The molecule has 0 aromatic heterocycles. The third-order valence-corrected chi connectivity index (χ3v) is 4.40. The predicted molar refractivity (Wildman–Crippen MR) is 103 cm³/mol. The van der Waals surface area contributed by atoms with Crippen LogP contribution < -0.4 is 16.0 Å². The molecule has 0 spiro atoms. The summed E-state index contributed by atoms with van der Waals surface area (Å²) in [5, 5.41) is 2.44. The van der Waals surface area contributed by atoms with Crippen LogP contribution in [-0.2, 0) is 19.1 Å². The molecule has 28 heavy (non-hydrogen) atoms. The lowest BCUT2D eigenvalue weighted by Crippen LogP contribution is -2.53. The van der Waals surface area contributed by atoms with Gasteiger partial charge >= 0.3 is 0 Å². The zero-order valence-electron chi connectivity index (χ0n) is 16.4. The number of primary amides is 1. The Morgan fingerprint density at radius 1 is 1.39 bits per heavy atom. The van der Waals surface area contributed by atoms with E-state index in [1.54, 1.807) is 4.90 Å². The zero-order chi connectivity index (χ0) is 20.8. The van der Waals surface area contributed by atoms with Gasteiger partial charge in [0.25, 0.3) is 11.8 Å². The number of hydrogen-bond donors (Lipinski definition) is 2. The fourth-order valence-electron chi connectivity index (χ4n) is 3.13. The Morgan fingerprint density at radius 3 is 2.64 bits per heavy atom. The highest BCUT2D eigenvalue weighted by Crippen LogP contribution is 2.23. The molecule has 1 aromatic rings. The predicted octanol–water partition coefficient (Wildman–Crippen LogP) is 0.959. The van der Waals surface area contributed by atoms with Crippen molar-refractivity contribution in [2.24, 2.45) is 11.7 Å². The van der Waals surface area contributed by atoms with E-state index < -0.39 is 23.7 Å². The van der Waals surface area contributed by atoms with Crippen molar-refractivity contribution >= 4 is 29.1 Å². The van der Waals surface area contributed by atoms with Crippen LogP contribution in [0.25, 0.3) is 0 Å². The fraction of sp³-hybridized carbons (Fsp3) is 0.526. The van der Waals surface area contributed by atoms with Gasteiger partial charge in [0.15, 0.2) is 6.04 Å². The highest BCUT2D eigenvalue weighted by Gasteiger charge is 2.31. The molecule has 0 saturated carbocycles. The van der Waals surface area contributed by atoms with Crippen LogP contribution in [0.15, 0.2) is 18.2 Å². The van der Waals surface area contributed by atoms with Gasteiger partial charge in [0.2, 0.25) is 5.91 Å². The number of halogens is 1. The highest BCUT2D eigenvalue weighted by atomic mass is 19.1. The average Bonchev–Trinajstić information content (AvgIpc) is 2.62. The van der Waals surface area contributed by atoms with Crippen molar-refractivity contribution in [2.45, 2.75) is 26.8 Å². The third kappa shape index (κ3) is 5.26. The van der Waals surface area contributed by atoms with Crippen LogP contribution in [0.1, 0.15) is 20.8 Å². The molecule has 1 aliphatic heterocycles. The van der Waals surface area contributed by atoms with Gasteiger partial charge in [-0.25, -0.2) is 4.39 Å². The minimum atomic E-state index is -1.20. The summed E-state index contributed by atoms with van der Waals surface area (Å²) in [5.41, 5.74) is 5.72. The second-order valence-corrected chi connectivity index (χ2v) is 7.04. The fourth-order valence-corrected chi connectivity index (χ4v) is 3.13. The largest absolute Gasteiger partial charge is 0.370 e. The summed E-state index contributed by atoms with van der Waals surface area (Å²) >= 11 is 0. The Hall–Kier alpha value is -2.52. The van der Waals surface area contributed by atoms with E-state index in [-0.39, 0.29) is 24.1 Å². The topological polar surface area (TPSA) is 105 Å². The molecule has 2 rings (SSSR count). The molecule has 9 heteroatoms. The van der Waals surface area contributed by atoms with Crippen molar-refractivity contribution in [3.05, 3.63) is 24.0 Å². The number of carbonyl (C=O) groups excluding carboxylic acids is 3. The van der Waals surface area contributed by atoms with Gasteiger partial charge in [-0.2, -0.15) is 0 Å². The molecule has 154 valence electrons. The lowest BCUT2D eigenvalue weighted by molar-refractivity contribution is -0.132. The number of ether oxygens (including phenoxy) is 1. The lowest BCUT2D eigenvalue weighted by Gasteiger charge is -2.29. The molecule has 1 saturated heterocycles. The molecule has 0 bridgehead atoms. The van der Waals surface area contributed by atoms with Crippen LogP contribution in [0.4, 0.5) is 15.8 Å². The summed E-state index contributed by atoms with van der Waals surface area (Å²) in [6.07, 6.45) is 0. The number of benzene rings is 1. The van der Waals surface area contributed by atoms with Gasteiger partial charge in [-0.3, -0.25) is 19.3 Å². The first-order valence-corrected chi connectivity index (χ1v) is 9.26. The number of morpholine rings is 1. The van der Waals surface area contributed by atoms with Crippen LogP contribution in [0.2, 0.25) is 0 Å². The van der Waals surface area contributed by atoms with Crippen LogP contribution in [0, 0.1) is 11.7 Å². The molecule has 0 aliphatic carbocycles. The maximum atomic E-state index is 14.5. The molecular formula is C19H27FN4O4. The normalized spacial score (nSPS) is 15.8. The standard InChI is InChI=1S/C19H27FN4O4/c1-4-23(10-12(2)3)17(18(21)26)19(27)22-15-6-5-13(9-14(15)20)24-7-8-28-11-16(24)25/h5-6,9,12,17H,4,7-8,10-11H2,1-3H3,(H2,21,26)(H,22,27)/t17-/m1/s1. The van der Waals surface area contributed by atoms with Crippen LogP contribution in [-0.4, -0.2) is 61.5 Å². The first-order chi connectivity index (χ1) is 13.2. The molecule has 1 fully saturated rings. The second-order valence-electron chi connectivity index (χ2n) is 7.04. The first kappa shape index (κ1) is 21.8. The number of amides is 3. The SMILES string of the molecule is CCN(CC(C)C)[C@H](C(N)=O)C(=O)Nc1ccc(N2CCOCC2=O)cc1F. The molecule has 3 N–H and O–H groups in total. The number of nitrogens with one attached hydrogen (secondary N) is 1. The van der Waals surface area contributed by atoms with Crippen molar-refractivity contribution in [2.75, 3.05) is 43.1 Å². The van der Waals surface area contributed by atoms with Crippen LogP contribution in [0.3, 0.4) is 0 Å². The van der Waals surface area contributed by atoms with E-state index in [1.165, 1.54) is 23.1 Å². The van der Waals surface area contributed by atoms with Crippen LogP contribution >= 0.6 is 0 Å². The van der Waals surface area contributed by atoms with Crippen LogP contribution in [0.5, 0.6) is 0 Å². The number of anilines is 2.